The lowest BCUT2D eigenvalue weighted by atomic mass is 10.0. The van der Waals surface area contributed by atoms with Crippen molar-refractivity contribution in [3.8, 4) is 16.8 Å². The Labute approximate surface area is 170 Å². The third-order valence-corrected chi connectivity index (χ3v) is 5.57. The monoisotopic (exact) mass is 409 g/mol. The Morgan fingerprint density at radius 1 is 0.933 bits per heavy atom. The second-order valence-electron chi connectivity index (χ2n) is 7.44. The van der Waals surface area contributed by atoms with Crippen LogP contribution in [-0.2, 0) is 19.1 Å². The minimum Gasteiger partial charge on any atom is -0.357 e. The standard InChI is InChI=1S/C23H18F3N3O/c24-23(25,26)16-3-1-14(2-4-16)15-8-10-29(22(30)11-15)17-5-6-18-19-7-9-27-13-21(19)28-20(18)12-17/h1-6,8,10-12,27-28H,7,9,13H2. The molecule has 0 fully saturated rings. The first-order valence-electron chi connectivity index (χ1n) is 9.65. The molecular weight excluding hydrogens is 391 g/mol. The van der Waals surface area contributed by atoms with Gasteiger partial charge in [-0.1, -0.05) is 18.2 Å². The van der Waals surface area contributed by atoms with Gasteiger partial charge in [-0.05, 0) is 60.0 Å². The van der Waals surface area contributed by atoms with E-state index in [0.717, 1.165) is 42.8 Å². The number of alkyl halides is 3. The fourth-order valence-corrected chi connectivity index (χ4v) is 4.04. The highest BCUT2D eigenvalue weighted by atomic mass is 19.4. The molecular formula is C23H18F3N3O. The number of aromatic nitrogens is 2. The number of aromatic amines is 1. The molecule has 2 aromatic heterocycles. The van der Waals surface area contributed by atoms with Gasteiger partial charge in [-0.15, -0.1) is 0 Å². The minimum atomic E-state index is -4.38. The molecule has 1 aliphatic heterocycles. The van der Waals surface area contributed by atoms with E-state index in [0.29, 0.717) is 11.1 Å². The SMILES string of the molecule is O=c1cc(-c2ccc(C(F)(F)F)cc2)ccn1-c1ccc2c3c([nH]c2c1)CNCC3. The Balaban J connectivity index is 1.50. The maximum absolute atomic E-state index is 12.8. The summed E-state index contributed by atoms with van der Waals surface area (Å²) in [6, 6.07) is 13.9. The summed E-state index contributed by atoms with van der Waals surface area (Å²) in [4.78, 5) is 16.2. The Kier molecular flexibility index (Phi) is 4.29. The summed E-state index contributed by atoms with van der Waals surface area (Å²) < 4.78 is 39.8. The van der Waals surface area contributed by atoms with Crippen LogP contribution in [-0.4, -0.2) is 16.1 Å². The first-order valence-corrected chi connectivity index (χ1v) is 9.65. The zero-order chi connectivity index (χ0) is 20.9. The van der Waals surface area contributed by atoms with Crippen LogP contribution < -0.4 is 10.9 Å². The number of fused-ring (bicyclic) bond motifs is 3. The van der Waals surface area contributed by atoms with Gasteiger partial charge in [0.15, 0.2) is 0 Å². The number of rotatable bonds is 2. The van der Waals surface area contributed by atoms with Crippen LogP contribution in [0.25, 0.3) is 27.7 Å². The topological polar surface area (TPSA) is 49.8 Å². The largest absolute Gasteiger partial charge is 0.416 e. The third-order valence-electron chi connectivity index (χ3n) is 5.57. The zero-order valence-corrected chi connectivity index (χ0v) is 15.9. The van der Waals surface area contributed by atoms with Crippen LogP contribution in [0, 0.1) is 0 Å². The van der Waals surface area contributed by atoms with Crippen molar-refractivity contribution in [2.45, 2.75) is 19.1 Å². The second-order valence-corrected chi connectivity index (χ2v) is 7.44. The van der Waals surface area contributed by atoms with Crippen molar-refractivity contribution in [3.63, 3.8) is 0 Å². The van der Waals surface area contributed by atoms with Gasteiger partial charge in [0.05, 0.1) is 11.3 Å². The molecule has 4 nitrogen and oxygen atoms in total. The summed E-state index contributed by atoms with van der Waals surface area (Å²) in [5.41, 5.74) is 4.40. The molecule has 0 saturated heterocycles. The fraction of sp³-hybridized carbons (Fsp3) is 0.174. The smallest absolute Gasteiger partial charge is 0.357 e. The van der Waals surface area contributed by atoms with Gasteiger partial charge in [-0.2, -0.15) is 13.2 Å². The molecule has 0 spiro atoms. The molecule has 0 bridgehead atoms. The average Bonchev–Trinajstić information content (AvgIpc) is 3.11. The number of nitrogens with zero attached hydrogens (tertiary/aromatic N) is 1. The van der Waals surface area contributed by atoms with Crippen LogP contribution in [0.4, 0.5) is 13.2 Å². The van der Waals surface area contributed by atoms with E-state index in [-0.39, 0.29) is 5.56 Å². The molecule has 4 aromatic rings. The molecule has 7 heteroatoms. The Hall–Kier alpha value is -3.32. The van der Waals surface area contributed by atoms with Crippen LogP contribution in [0.3, 0.4) is 0 Å². The number of hydrogen-bond donors (Lipinski definition) is 2. The summed E-state index contributed by atoms with van der Waals surface area (Å²) in [6.45, 7) is 1.76. The van der Waals surface area contributed by atoms with Gasteiger partial charge in [0.2, 0.25) is 0 Å². The van der Waals surface area contributed by atoms with Gasteiger partial charge in [-0.25, -0.2) is 0 Å². The molecule has 0 atom stereocenters. The van der Waals surface area contributed by atoms with Crippen molar-refractivity contribution in [1.82, 2.24) is 14.9 Å². The zero-order valence-electron chi connectivity index (χ0n) is 15.9. The Bertz CT molecular complexity index is 1300. The van der Waals surface area contributed by atoms with Crippen LogP contribution in [0.2, 0.25) is 0 Å². The highest BCUT2D eigenvalue weighted by Gasteiger charge is 2.30. The predicted octanol–water partition coefficient (Wildman–Crippen LogP) is 4.65. The summed E-state index contributed by atoms with van der Waals surface area (Å²) in [5.74, 6) is 0. The number of H-pyrrole nitrogens is 1. The van der Waals surface area contributed by atoms with E-state index < -0.39 is 11.7 Å². The molecule has 152 valence electrons. The van der Waals surface area contributed by atoms with Gasteiger partial charge in [0.1, 0.15) is 0 Å². The first-order chi connectivity index (χ1) is 14.4. The molecule has 0 unspecified atom stereocenters. The lowest BCUT2D eigenvalue weighted by Crippen LogP contribution is -2.22. The minimum absolute atomic E-state index is 0.246. The first kappa shape index (κ1) is 18.7. The summed E-state index contributed by atoms with van der Waals surface area (Å²) in [6.07, 6.45) is -1.76. The fourth-order valence-electron chi connectivity index (χ4n) is 4.04. The summed E-state index contributed by atoms with van der Waals surface area (Å²) in [7, 11) is 0. The van der Waals surface area contributed by atoms with Crippen LogP contribution >= 0.6 is 0 Å². The van der Waals surface area contributed by atoms with E-state index in [2.05, 4.69) is 10.3 Å². The molecule has 0 amide bonds. The maximum atomic E-state index is 12.8. The lowest BCUT2D eigenvalue weighted by Gasteiger charge is -2.12. The van der Waals surface area contributed by atoms with Crippen molar-refractivity contribution < 1.29 is 13.2 Å². The molecule has 30 heavy (non-hydrogen) atoms. The van der Waals surface area contributed by atoms with Gasteiger partial charge < -0.3 is 10.3 Å². The highest BCUT2D eigenvalue weighted by molar-refractivity contribution is 5.86. The summed E-state index contributed by atoms with van der Waals surface area (Å²) in [5, 5.41) is 4.51. The Morgan fingerprint density at radius 3 is 2.47 bits per heavy atom. The van der Waals surface area contributed by atoms with Gasteiger partial charge >= 0.3 is 6.18 Å². The average molecular weight is 409 g/mol. The number of nitrogens with one attached hydrogen (secondary N) is 2. The molecule has 3 heterocycles. The molecule has 5 rings (SSSR count). The van der Waals surface area contributed by atoms with E-state index in [1.165, 1.54) is 39.4 Å². The third kappa shape index (κ3) is 3.21. The lowest BCUT2D eigenvalue weighted by molar-refractivity contribution is -0.137. The summed E-state index contributed by atoms with van der Waals surface area (Å²) >= 11 is 0. The molecule has 2 N–H and O–H groups in total. The molecule has 0 radical (unpaired) electrons. The van der Waals surface area contributed by atoms with Crippen molar-refractivity contribution in [2.24, 2.45) is 0 Å². The number of halogens is 3. The van der Waals surface area contributed by atoms with Gasteiger partial charge in [0.25, 0.3) is 5.56 Å². The van der Waals surface area contributed by atoms with E-state index in [9.17, 15) is 18.0 Å². The molecule has 1 aliphatic rings. The van der Waals surface area contributed by atoms with Crippen LogP contribution in [0.15, 0.2) is 65.6 Å². The van der Waals surface area contributed by atoms with E-state index in [4.69, 9.17) is 0 Å². The number of pyridine rings is 1. The molecule has 0 saturated carbocycles. The van der Waals surface area contributed by atoms with Crippen molar-refractivity contribution in [1.29, 1.82) is 0 Å². The van der Waals surface area contributed by atoms with E-state index in [1.807, 2.05) is 18.2 Å². The van der Waals surface area contributed by atoms with Gasteiger partial charge in [-0.3, -0.25) is 9.36 Å². The number of hydrogen-bond acceptors (Lipinski definition) is 2. The van der Waals surface area contributed by atoms with Crippen molar-refractivity contribution in [3.05, 3.63) is 88.0 Å². The van der Waals surface area contributed by atoms with E-state index in [1.54, 1.807) is 12.3 Å². The second kappa shape index (κ2) is 6.88. The highest BCUT2D eigenvalue weighted by Crippen LogP contribution is 2.31. The van der Waals surface area contributed by atoms with Crippen LogP contribution in [0.5, 0.6) is 0 Å². The number of benzene rings is 2. The van der Waals surface area contributed by atoms with Gasteiger partial charge in [0, 0.05) is 35.4 Å². The normalized spacial score (nSPS) is 14.1. The predicted molar refractivity (Wildman–Crippen MR) is 110 cm³/mol. The van der Waals surface area contributed by atoms with Crippen LogP contribution in [0.1, 0.15) is 16.8 Å². The maximum Gasteiger partial charge on any atom is 0.416 e. The molecule has 0 aliphatic carbocycles. The van der Waals surface area contributed by atoms with E-state index >= 15 is 0 Å². The van der Waals surface area contributed by atoms with Crippen molar-refractivity contribution >= 4 is 10.9 Å². The Morgan fingerprint density at radius 2 is 1.73 bits per heavy atom. The quantitative estimate of drug-likeness (QED) is 0.506. The van der Waals surface area contributed by atoms with Crippen molar-refractivity contribution in [2.75, 3.05) is 6.54 Å². The molecule has 2 aromatic carbocycles.